The molecule has 5 heterocycles. The number of phosphoric acid groups is 2. The molecule has 9 N–H and O–H groups in total. The first-order valence-electron chi connectivity index (χ1n) is 12.5. The van der Waals surface area contributed by atoms with Crippen LogP contribution in [0, 0.1) is 6.92 Å². The lowest BCUT2D eigenvalue weighted by Crippen LogP contribution is -2.30. The zero-order chi connectivity index (χ0) is 31.3. The molecule has 2 fully saturated rings. The van der Waals surface area contributed by atoms with Gasteiger partial charge in [-0.25, -0.2) is 18.9 Å². The molecule has 0 radical (unpaired) electrons. The number of fused-ring (bicyclic) bond motifs is 1. The smallest absolute Gasteiger partial charge is 0.390 e. The van der Waals surface area contributed by atoms with Crippen molar-refractivity contribution in [1.29, 1.82) is 0 Å². The summed E-state index contributed by atoms with van der Waals surface area (Å²) in [5, 5.41) is 10.4. The molecule has 0 aliphatic carbocycles. The second-order valence-electron chi connectivity index (χ2n) is 9.77. The number of aliphatic hydroxyl groups excluding tert-OH is 1. The number of nitrogens with one attached hydrogen (secondary N) is 1. The van der Waals surface area contributed by atoms with E-state index in [0.29, 0.717) is 5.56 Å². The number of aromatic nitrogens is 6. The minimum atomic E-state index is -4.97. The van der Waals surface area contributed by atoms with Gasteiger partial charge in [-0.3, -0.25) is 32.5 Å². The van der Waals surface area contributed by atoms with Gasteiger partial charge in [0.05, 0.1) is 25.6 Å². The van der Waals surface area contributed by atoms with Crippen molar-refractivity contribution in [1.82, 2.24) is 29.1 Å². The summed E-state index contributed by atoms with van der Waals surface area (Å²) < 4.78 is 52.9. The van der Waals surface area contributed by atoms with Gasteiger partial charge >= 0.3 is 21.3 Å². The molecular weight excluding hydrogens is 622 g/mol. The fourth-order valence-electron chi connectivity index (χ4n) is 4.65. The molecule has 43 heavy (non-hydrogen) atoms. The average molecular weight is 650 g/mol. The SMILES string of the molecule is Cc1cn([C@H]2C[C@H](O)[C@@H](COP(=O)(O)O[C@H]3C[C@H](n4cnc5c(=O)[nH]c(N)nc54)O[C@@H]3COP(=O)(O)O)O2)c(=O)nc1N. The van der Waals surface area contributed by atoms with E-state index in [1.165, 1.54) is 17.1 Å². The Hall–Kier alpha value is -3.07. The number of ether oxygens (including phenoxy) is 2. The minimum Gasteiger partial charge on any atom is -0.390 e. The van der Waals surface area contributed by atoms with Crippen LogP contribution in [0.2, 0.25) is 0 Å². The van der Waals surface area contributed by atoms with Crippen LogP contribution in [0.4, 0.5) is 11.8 Å². The number of aryl methyl sites for hydroxylation is 1. The van der Waals surface area contributed by atoms with E-state index in [2.05, 4.69) is 24.5 Å². The van der Waals surface area contributed by atoms with E-state index in [9.17, 15) is 28.7 Å². The maximum atomic E-state index is 12.9. The fourth-order valence-corrected chi connectivity index (χ4v) is 5.95. The second-order valence-corrected chi connectivity index (χ2v) is 12.4. The van der Waals surface area contributed by atoms with Crippen molar-refractivity contribution in [3.05, 3.63) is 38.9 Å². The van der Waals surface area contributed by atoms with E-state index in [1.807, 2.05) is 0 Å². The predicted octanol–water partition coefficient (Wildman–Crippen LogP) is -1.60. The zero-order valence-corrected chi connectivity index (χ0v) is 24.0. The molecule has 1 unspecified atom stereocenters. The maximum absolute atomic E-state index is 12.9. The molecular formula is C20H28N8O13P2. The lowest BCUT2D eigenvalue weighted by molar-refractivity contribution is -0.0562. The third kappa shape index (κ3) is 7.03. The van der Waals surface area contributed by atoms with E-state index in [0.717, 1.165) is 4.57 Å². The van der Waals surface area contributed by atoms with E-state index >= 15 is 0 Å². The molecule has 2 aliphatic rings. The van der Waals surface area contributed by atoms with Crippen LogP contribution in [0.25, 0.3) is 11.2 Å². The highest BCUT2D eigenvalue weighted by molar-refractivity contribution is 7.47. The number of anilines is 2. The number of hydrogen-bond acceptors (Lipinski definition) is 15. The largest absolute Gasteiger partial charge is 0.472 e. The number of rotatable bonds is 10. The van der Waals surface area contributed by atoms with E-state index < -0.39 is 77.0 Å². The first-order valence-corrected chi connectivity index (χ1v) is 15.5. The lowest BCUT2D eigenvalue weighted by Gasteiger charge is -2.22. The Morgan fingerprint density at radius 1 is 1.05 bits per heavy atom. The van der Waals surface area contributed by atoms with Gasteiger partial charge < -0.3 is 40.7 Å². The summed E-state index contributed by atoms with van der Waals surface area (Å²) in [6.45, 7) is 0.227. The van der Waals surface area contributed by atoms with Crippen molar-refractivity contribution in [3.8, 4) is 0 Å². The molecule has 7 atom stereocenters. The van der Waals surface area contributed by atoms with Crippen LogP contribution in [0.3, 0.4) is 0 Å². The summed E-state index contributed by atoms with van der Waals surface area (Å²) in [5.41, 5.74) is 10.3. The van der Waals surface area contributed by atoms with Gasteiger partial charge in [0.1, 0.15) is 36.6 Å². The summed E-state index contributed by atoms with van der Waals surface area (Å²) in [6.07, 6.45) is -4.67. The minimum absolute atomic E-state index is 0.0116. The number of nitrogens with zero attached hydrogens (tertiary/aromatic N) is 5. The van der Waals surface area contributed by atoms with E-state index in [1.54, 1.807) is 6.92 Å². The topological polar surface area (TPSA) is 312 Å². The maximum Gasteiger partial charge on any atom is 0.472 e. The van der Waals surface area contributed by atoms with Gasteiger partial charge in [-0.15, -0.1) is 0 Å². The van der Waals surface area contributed by atoms with Gasteiger partial charge in [-0.05, 0) is 6.92 Å². The monoisotopic (exact) mass is 650 g/mol. The van der Waals surface area contributed by atoms with Crippen LogP contribution >= 0.6 is 15.6 Å². The molecule has 5 rings (SSSR count). The van der Waals surface area contributed by atoms with Gasteiger partial charge in [0.2, 0.25) is 5.95 Å². The standard InChI is InChI=1S/C20H28N8O13P2/c1-8-4-27(20(31)24-16(8)21)13-2-9(29)11(39-13)5-38-43(35,36)41-10-3-14(40-12(10)6-37-42(32,33)34)28-7-23-15-17(28)25-19(22)26-18(15)30/h4,7,9-14,29H,2-3,5-6H2,1H3,(H,35,36)(H2,21,24,31)(H2,32,33,34)(H3,22,25,26,30)/t9-,10-,11+,12+,13+,14+/m0/s1. The number of hydrogen-bond donors (Lipinski definition) is 7. The molecule has 0 saturated carbocycles. The van der Waals surface area contributed by atoms with Gasteiger partial charge in [0.15, 0.2) is 11.2 Å². The van der Waals surface area contributed by atoms with Crippen molar-refractivity contribution in [2.75, 3.05) is 24.7 Å². The number of aromatic amines is 1. The number of phosphoric ester groups is 2. The van der Waals surface area contributed by atoms with Crippen LogP contribution < -0.4 is 22.7 Å². The molecule has 23 heteroatoms. The van der Waals surface area contributed by atoms with Crippen LogP contribution in [-0.2, 0) is 32.2 Å². The van der Waals surface area contributed by atoms with E-state index in [-0.39, 0.29) is 35.8 Å². The first-order chi connectivity index (χ1) is 20.1. The molecule has 3 aromatic heterocycles. The second kappa shape index (κ2) is 11.8. The Labute approximate surface area is 240 Å². The number of H-pyrrole nitrogens is 1. The number of imidazole rings is 1. The Kier molecular flexibility index (Phi) is 8.60. The van der Waals surface area contributed by atoms with Crippen LogP contribution in [0.5, 0.6) is 0 Å². The Balaban J connectivity index is 1.28. The summed E-state index contributed by atoms with van der Waals surface area (Å²) in [6, 6.07) is 0. The summed E-state index contributed by atoms with van der Waals surface area (Å²) in [4.78, 5) is 67.1. The fraction of sp³-hybridized carbons (Fsp3) is 0.550. The van der Waals surface area contributed by atoms with Crippen molar-refractivity contribution < 1.29 is 52.0 Å². The Bertz CT molecular complexity index is 1720. The molecule has 0 aromatic carbocycles. The normalized spacial score (nSPS) is 27.6. The quantitative estimate of drug-likeness (QED) is 0.121. The highest BCUT2D eigenvalue weighted by atomic mass is 31.2. The van der Waals surface area contributed by atoms with Crippen molar-refractivity contribution in [3.63, 3.8) is 0 Å². The lowest BCUT2D eigenvalue weighted by atomic mass is 10.2. The third-order valence-electron chi connectivity index (χ3n) is 6.71. The third-order valence-corrected chi connectivity index (χ3v) is 8.21. The number of nitrogens with two attached hydrogens (primary N) is 2. The number of nitrogen functional groups attached to an aromatic ring is 2. The summed E-state index contributed by atoms with van der Waals surface area (Å²) in [5.74, 6) is -0.179. The van der Waals surface area contributed by atoms with Crippen LogP contribution in [0.1, 0.15) is 30.9 Å². The zero-order valence-electron chi connectivity index (χ0n) is 22.2. The summed E-state index contributed by atoms with van der Waals surface area (Å²) in [7, 11) is -9.91. The molecule has 3 aromatic rings. The number of aliphatic hydroxyl groups is 1. The first kappa shape index (κ1) is 31.4. The molecule has 236 valence electrons. The predicted molar refractivity (Wildman–Crippen MR) is 142 cm³/mol. The Morgan fingerprint density at radius 3 is 2.44 bits per heavy atom. The highest BCUT2D eigenvalue weighted by Gasteiger charge is 2.44. The molecule has 0 spiro atoms. The Morgan fingerprint density at radius 2 is 1.72 bits per heavy atom. The van der Waals surface area contributed by atoms with Gasteiger partial charge in [-0.1, -0.05) is 0 Å². The highest BCUT2D eigenvalue weighted by Crippen LogP contribution is 2.50. The molecule has 0 bridgehead atoms. The average Bonchev–Trinajstić information content (AvgIpc) is 3.60. The van der Waals surface area contributed by atoms with Crippen molar-refractivity contribution in [2.45, 2.75) is 56.6 Å². The van der Waals surface area contributed by atoms with Crippen LogP contribution in [0.15, 0.2) is 22.1 Å². The van der Waals surface area contributed by atoms with Gasteiger partial charge in [0, 0.05) is 24.6 Å². The van der Waals surface area contributed by atoms with Crippen LogP contribution in [-0.4, -0.2) is 86.5 Å². The summed E-state index contributed by atoms with van der Waals surface area (Å²) >= 11 is 0. The van der Waals surface area contributed by atoms with Gasteiger partial charge in [0.25, 0.3) is 5.56 Å². The van der Waals surface area contributed by atoms with Crippen molar-refractivity contribution >= 4 is 38.6 Å². The van der Waals surface area contributed by atoms with E-state index in [4.69, 9.17) is 39.8 Å². The molecule has 21 nitrogen and oxygen atoms in total. The van der Waals surface area contributed by atoms with Gasteiger partial charge in [-0.2, -0.15) is 9.97 Å². The molecule has 2 aliphatic heterocycles. The molecule has 0 amide bonds. The molecule has 2 saturated heterocycles. The van der Waals surface area contributed by atoms with Crippen molar-refractivity contribution in [2.24, 2.45) is 0 Å².